The van der Waals surface area contributed by atoms with Gasteiger partial charge in [0.25, 0.3) is 0 Å². The van der Waals surface area contributed by atoms with Crippen molar-refractivity contribution in [2.45, 2.75) is 40.0 Å². The fraction of sp³-hybridized carbons (Fsp3) is 0.550. The SMILES string of the molecule is Cc1nc(C(C)(C)C)nc(N2CCN(c3ncnc4c3cnn4C)CC2)c1C. The van der Waals surface area contributed by atoms with Gasteiger partial charge in [-0.1, -0.05) is 20.8 Å². The van der Waals surface area contributed by atoms with Crippen molar-refractivity contribution in [2.24, 2.45) is 7.05 Å². The van der Waals surface area contributed by atoms with Crippen LogP contribution < -0.4 is 9.80 Å². The number of rotatable bonds is 2. The topological polar surface area (TPSA) is 75.9 Å². The van der Waals surface area contributed by atoms with Crippen LogP contribution in [0.1, 0.15) is 37.9 Å². The molecule has 0 N–H and O–H groups in total. The zero-order valence-electron chi connectivity index (χ0n) is 17.6. The lowest BCUT2D eigenvalue weighted by atomic mass is 9.95. The predicted molar refractivity (Wildman–Crippen MR) is 111 cm³/mol. The van der Waals surface area contributed by atoms with E-state index in [1.54, 1.807) is 11.0 Å². The molecule has 28 heavy (non-hydrogen) atoms. The molecule has 1 fully saturated rings. The average Bonchev–Trinajstić information content (AvgIpc) is 3.04. The highest BCUT2D eigenvalue weighted by Gasteiger charge is 2.26. The monoisotopic (exact) mass is 380 g/mol. The first-order valence-electron chi connectivity index (χ1n) is 9.74. The van der Waals surface area contributed by atoms with E-state index in [4.69, 9.17) is 9.97 Å². The smallest absolute Gasteiger partial charge is 0.163 e. The fourth-order valence-corrected chi connectivity index (χ4v) is 3.59. The number of aromatic nitrogens is 6. The van der Waals surface area contributed by atoms with E-state index >= 15 is 0 Å². The molecule has 0 atom stereocenters. The first-order valence-corrected chi connectivity index (χ1v) is 9.74. The summed E-state index contributed by atoms with van der Waals surface area (Å²) in [6.45, 7) is 14.2. The van der Waals surface area contributed by atoms with Crippen LogP contribution in [0, 0.1) is 13.8 Å². The van der Waals surface area contributed by atoms with Gasteiger partial charge >= 0.3 is 0 Å². The molecule has 0 aliphatic carbocycles. The number of hydrogen-bond acceptors (Lipinski definition) is 7. The van der Waals surface area contributed by atoms with Gasteiger partial charge in [0.1, 0.15) is 23.8 Å². The van der Waals surface area contributed by atoms with Crippen LogP contribution in [0.5, 0.6) is 0 Å². The zero-order chi connectivity index (χ0) is 20.1. The largest absolute Gasteiger partial charge is 0.353 e. The molecule has 1 aliphatic rings. The lowest BCUT2D eigenvalue weighted by Crippen LogP contribution is -2.47. The van der Waals surface area contributed by atoms with Crippen molar-refractivity contribution in [3.8, 4) is 0 Å². The summed E-state index contributed by atoms with van der Waals surface area (Å²) in [5.41, 5.74) is 3.02. The van der Waals surface area contributed by atoms with E-state index in [1.807, 2.05) is 13.2 Å². The second-order valence-electron chi connectivity index (χ2n) is 8.51. The van der Waals surface area contributed by atoms with E-state index in [-0.39, 0.29) is 5.41 Å². The van der Waals surface area contributed by atoms with Crippen molar-refractivity contribution in [1.82, 2.24) is 29.7 Å². The Kier molecular flexibility index (Phi) is 4.44. The third-order valence-electron chi connectivity index (χ3n) is 5.42. The molecule has 0 amide bonds. The van der Waals surface area contributed by atoms with Gasteiger partial charge in [0.15, 0.2) is 5.65 Å². The standard InChI is InChI=1S/C20H28N8/c1-13-14(2)24-19(20(3,4)5)25-16(13)27-7-9-28(10-8-27)18-15-11-23-26(6)17(15)21-12-22-18/h11-12H,7-10H2,1-6H3. The van der Waals surface area contributed by atoms with E-state index in [0.29, 0.717) is 0 Å². The van der Waals surface area contributed by atoms with Gasteiger partial charge in [0.05, 0.1) is 11.6 Å². The van der Waals surface area contributed by atoms with Crippen LogP contribution in [0.3, 0.4) is 0 Å². The van der Waals surface area contributed by atoms with Gasteiger partial charge in [-0.05, 0) is 13.8 Å². The molecule has 0 aromatic carbocycles. The third-order valence-corrected chi connectivity index (χ3v) is 5.42. The summed E-state index contributed by atoms with van der Waals surface area (Å²) in [6, 6.07) is 0. The van der Waals surface area contributed by atoms with E-state index in [1.165, 1.54) is 0 Å². The number of fused-ring (bicyclic) bond motifs is 1. The molecule has 0 radical (unpaired) electrons. The summed E-state index contributed by atoms with van der Waals surface area (Å²) >= 11 is 0. The molecule has 4 rings (SSSR count). The lowest BCUT2D eigenvalue weighted by molar-refractivity contribution is 0.538. The van der Waals surface area contributed by atoms with Crippen LogP contribution in [0.25, 0.3) is 11.0 Å². The summed E-state index contributed by atoms with van der Waals surface area (Å²) < 4.78 is 1.79. The maximum Gasteiger partial charge on any atom is 0.163 e. The highest BCUT2D eigenvalue weighted by atomic mass is 15.3. The van der Waals surface area contributed by atoms with Crippen molar-refractivity contribution in [2.75, 3.05) is 36.0 Å². The minimum atomic E-state index is -0.0676. The van der Waals surface area contributed by atoms with E-state index in [2.05, 4.69) is 59.5 Å². The van der Waals surface area contributed by atoms with Gasteiger partial charge in [0, 0.05) is 49.9 Å². The Morgan fingerprint density at radius 1 is 0.893 bits per heavy atom. The van der Waals surface area contributed by atoms with Crippen LogP contribution in [0.2, 0.25) is 0 Å². The second-order valence-corrected chi connectivity index (χ2v) is 8.51. The number of hydrogen-bond donors (Lipinski definition) is 0. The van der Waals surface area contributed by atoms with Crippen molar-refractivity contribution < 1.29 is 0 Å². The molecular weight excluding hydrogens is 352 g/mol. The molecule has 8 nitrogen and oxygen atoms in total. The van der Waals surface area contributed by atoms with Crippen LogP contribution in [0.4, 0.5) is 11.6 Å². The van der Waals surface area contributed by atoms with E-state index < -0.39 is 0 Å². The van der Waals surface area contributed by atoms with Gasteiger partial charge in [-0.3, -0.25) is 4.68 Å². The Balaban J connectivity index is 1.58. The quantitative estimate of drug-likeness (QED) is 0.676. The molecule has 8 heteroatoms. The van der Waals surface area contributed by atoms with Gasteiger partial charge in [-0.25, -0.2) is 19.9 Å². The second kappa shape index (κ2) is 6.68. The molecule has 4 heterocycles. The van der Waals surface area contributed by atoms with Crippen molar-refractivity contribution in [3.05, 3.63) is 29.6 Å². The first-order chi connectivity index (χ1) is 13.3. The van der Waals surface area contributed by atoms with Gasteiger partial charge in [-0.2, -0.15) is 5.10 Å². The predicted octanol–water partition coefficient (Wildman–Crippen LogP) is 2.39. The first kappa shape index (κ1) is 18.6. The van der Waals surface area contributed by atoms with E-state index in [9.17, 15) is 0 Å². The van der Waals surface area contributed by atoms with Crippen LogP contribution in [-0.4, -0.2) is 55.9 Å². The number of nitrogens with zero attached hydrogens (tertiary/aromatic N) is 8. The summed E-state index contributed by atoms with van der Waals surface area (Å²) in [5.74, 6) is 2.93. The lowest BCUT2D eigenvalue weighted by Gasteiger charge is -2.37. The van der Waals surface area contributed by atoms with Gasteiger partial charge in [0.2, 0.25) is 0 Å². The highest BCUT2D eigenvalue weighted by Crippen LogP contribution is 2.28. The number of aryl methyl sites for hydroxylation is 2. The summed E-state index contributed by atoms with van der Waals surface area (Å²) in [6.07, 6.45) is 3.48. The maximum absolute atomic E-state index is 4.94. The molecule has 0 spiro atoms. The summed E-state index contributed by atoms with van der Waals surface area (Å²) in [4.78, 5) is 23.2. The molecule has 3 aromatic heterocycles. The molecule has 1 aliphatic heterocycles. The molecule has 148 valence electrons. The molecule has 0 bridgehead atoms. The molecule has 1 saturated heterocycles. The molecule has 3 aromatic rings. The van der Waals surface area contributed by atoms with Crippen LogP contribution >= 0.6 is 0 Å². The zero-order valence-corrected chi connectivity index (χ0v) is 17.6. The average molecular weight is 381 g/mol. The number of piperazine rings is 1. The van der Waals surface area contributed by atoms with Gasteiger partial charge in [-0.15, -0.1) is 0 Å². The van der Waals surface area contributed by atoms with E-state index in [0.717, 1.165) is 65.9 Å². The summed E-state index contributed by atoms with van der Waals surface area (Å²) in [7, 11) is 1.91. The minimum absolute atomic E-state index is 0.0676. The van der Waals surface area contributed by atoms with Crippen LogP contribution in [-0.2, 0) is 12.5 Å². The Hall–Kier alpha value is -2.77. The van der Waals surface area contributed by atoms with Crippen LogP contribution in [0.15, 0.2) is 12.5 Å². The number of anilines is 2. The molecule has 0 unspecified atom stereocenters. The van der Waals surface area contributed by atoms with Crippen molar-refractivity contribution >= 4 is 22.7 Å². The maximum atomic E-state index is 4.94. The molecular formula is C20H28N8. The van der Waals surface area contributed by atoms with Crippen molar-refractivity contribution in [3.63, 3.8) is 0 Å². The Morgan fingerprint density at radius 2 is 1.54 bits per heavy atom. The minimum Gasteiger partial charge on any atom is -0.353 e. The Bertz CT molecular complexity index is 1010. The fourth-order valence-electron chi connectivity index (χ4n) is 3.59. The third kappa shape index (κ3) is 3.16. The Labute approximate surface area is 165 Å². The van der Waals surface area contributed by atoms with Crippen molar-refractivity contribution in [1.29, 1.82) is 0 Å². The van der Waals surface area contributed by atoms with Gasteiger partial charge < -0.3 is 9.80 Å². The normalized spacial score (nSPS) is 15.5. The molecule has 0 saturated carbocycles. The summed E-state index contributed by atoms with van der Waals surface area (Å²) in [5, 5.41) is 5.33. The highest BCUT2D eigenvalue weighted by molar-refractivity contribution is 5.86. The Morgan fingerprint density at radius 3 is 2.18 bits per heavy atom.